The summed E-state index contributed by atoms with van der Waals surface area (Å²) in [5.74, 6) is 0.151. The molecule has 110 valence electrons. The maximum Gasteiger partial charge on any atom is 0.271 e. The lowest BCUT2D eigenvalue weighted by Gasteiger charge is -2.11. The van der Waals surface area contributed by atoms with Crippen LogP contribution in [0.5, 0.6) is 0 Å². The van der Waals surface area contributed by atoms with E-state index in [9.17, 15) is 14.9 Å². The molecule has 0 radical (unpaired) electrons. The molecule has 0 saturated heterocycles. The highest BCUT2D eigenvalue weighted by molar-refractivity contribution is 9.10. The average molecular weight is 365 g/mol. The second kappa shape index (κ2) is 7.01. The number of hydrogen-bond acceptors (Lipinski definition) is 4. The molecule has 6 nitrogen and oxygen atoms in total. The predicted octanol–water partition coefficient (Wildman–Crippen LogP) is 2.25. The summed E-state index contributed by atoms with van der Waals surface area (Å²) in [6.07, 6.45) is 2.22. The van der Waals surface area contributed by atoms with Crippen LogP contribution in [0.25, 0.3) is 0 Å². The number of carbonyl (C=O) groups excluding carboxylic acids is 1. The van der Waals surface area contributed by atoms with Crippen LogP contribution in [0.15, 0.2) is 22.7 Å². The molecule has 8 heteroatoms. The van der Waals surface area contributed by atoms with E-state index in [1.165, 1.54) is 12.1 Å². The molecule has 2 rings (SSSR count). The van der Waals surface area contributed by atoms with Gasteiger partial charge in [0.05, 0.1) is 4.92 Å². The zero-order chi connectivity index (χ0) is 14.0. The van der Waals surface area contributed by atoms with Gasteiger partial charge in [-0.3, -0.25) is 14.9 Å². The Morgan fingerprint density at radius 3 is 2.70 bits per heavy atom. The summed E-state index contributed by atoms with van der Waals surface area (Å²) in [6, 6.07) is 4.12. The van der Waals surface area contributed by atoms with Gasteiger partial charge in [0.1, 0.15) is 0 Å². The third-order valence-corrected chi connectivity index (χ3v) is 3.54. The predicted molar refractivity (Wildman–Crippen MR) is 81.1 cm³/mol. The molecule has 1 aromatic carbocycles. The minimum atomic E-state index is -0.530. The van der Waals surface area contributed by atoms with Gasteiger partial charge in [-0.05, 0) is 24.8 Å². The normalized spacial score (nSPS) is 15.1. The number of non-ortho nitro benzene ring substituents is 1. The lowest BCUT2D eigenvalue weighted by Crippen LogP contribution is -2.38. The van der Waals surface area contributed by atoms with Crippen LogP contribution in [-0.2, 0) is 0 Å². The lowest BCUT2D eigenvalue weighted by molar-refractivity contribution is -0.385. The van der Waals surface area contributed by atoms with Crippen molar-refractivity contribution in [1.82, 2.24) is 5.32 Å². The summed E-state index contributed by atoms with van der Waals surface area (Å²) in [6.45, 7) is 0.393. The monoisotopic (exact) mass is 363 g/mol. The molecule has 1 aliphatic carbocycles. The van der Waals surface area contributed by atoms with Crippen molar-refractivity contribution in [3.05, 3.63) is 38.3 Å². The van der Waals surface area contributed by atoms with Crippen LogP contribution in [0.4, 0.5) is 5.69 Å². The largest absolute Gasteiger partial charge is 0.350 e. The summed E-state index contributed by atoms with van der Waals surface area (Å²) in [5.41, 5.74) is 6.02. The maximum atomic E-state index is 11.9. The molecule has 0 aliphatic heterocycles. The van der Waals surface area contributed by atoms with Crippen molar-refractivity contribution in [3.8, 4) is 0 Å². The first kappa shape index (κ1) is 16.9. The van der Waals surface area contributed by atoms with E-state index in [2.05, 4.69) is 21.2 Å². The summed E-state index contributed by atoms with van der Waals surface area (Å²) < 4.78 is 0.498. The Labute approximate surface area is 130 Å². The van der Waals surface area contributed by atoms with Gasteiger partial charge in [0, 0.05) is 34.8 Å². The van der Waals surface area contributed by atoms with Gasteiger partial charge in [0.25, 0.3) is 11.6 Å². The molecular weight excluding hydrogens is 350 g/mol. The van der Waals surface area contributed by atoms with Crippen LogP contribution < -0.4 is 11.1 Å². The van der Waals surface area contributed by atoms with Crippen molar-refractivity contribution in [2.45, 2.75) is 18.9 Å². The first-order valence-corrected chi connectivity index (χ1v) is 6.75. The number of nitrogens with zero attached hydrogens (tertiary/aromatic N) is 1. The third kappa shape index (κ3) is 4.43. The molecule has 1 unspecified atom stereocenters. The van der Waals surface area contributed by atoms with Gasteiger partial charge >= 0.3 is 0 Å². The number of nitrogens with one attached hydrogen (secondary N) is 1. The number of nitro groups is 1. The molecule has 0 bridgehead atoms. The molecule has 0 spiro atoms. The van der Waals surface area contributed by atoms with Crippen molar-refractivity contribution in [2.24, 2.45) is 11.7 Å². The van der Waals surface area contributed by atoms with Gasteiger partial charge in [-0.15, -0.1) is 12.4 Å². The number of hydrogen-bond donors (Lipinski definition) is 2. The molecule has 20 heavy (non-hydrogen) atoms. The molecule has 1 amide bonds. The molecule has 1 aromatic rings. The van der Waals surface area contributed by atoms with E-state index in [0.29, 0.717) is 16.9 Å². The average Bonchev–Trinajstić information content (AvgIpc) is 3.18. The summed E-state index contributed by atoms with van der Waals surface area (Å²) in [4.78, 5) is 22.1. The minimum Gasteiger partial charge on any atom is -0.350 e. The van der Waals surface area contributed by atoms with E-state index in [1.54, 1.807) is 6.07 Å². The van der Waals surface area contributed by atoms with E-state index in [1.807, 2.05) is 0 Å². The smallest absolute Gasteiger partial charge is 0.271 e. The zero-order valence-corrected chi connectivity index (χ0v) is 12.9. The number of rotatable bonds is 5. The molecule has 0 heterocycles. The number of benzene rings is 1. The van der Waals surface area contributed by atoms with Crippen LogP contribution in [0, 0.1) is 16.0 Å². The minimum absolute atomic E-state index is 0. The number of amides is 1. The molecular formula is C12H15BrClN3O3. The molecule has 0 aromatic heterocycles. The van der Waals surface area contributed by atoms with Crippen molar-refractivity contribution in [3.63, 3.8) is 0 Å². The fourth-order valence-corrected chi connectivity index (χ4v) is 2.30. The Morgan fingerprint density at radius 2 is 2.15 bits per heavy atom. The van der Waals surface area contributed by atoms with E-state index >= 15 is 0 Å². The standard InChI is InChI=1S/C12H14BrN3O3.ClH/c13-9-3-8(4-10(5-9)16(18)19)12(17)15-6-11(14)7-1-2-7;/h3-5,7,11H,1-2,6,14H2,(H,15,17);1H. The SMILES string of the molecule is Cl.NC(CNC(=O)c1cc(Br)cc([N+](=O)[O-])c1)C1CC1. The second-order valence-electron chi connectivity index (χ2n) is 4.67. The molecule has 1 aliphatic rings. The quantitative estimate of drug-likeness (QED) is 0.618. The van der Waals surface area contributed by atoms with Gasteiger partial charge < -0.3 is 11.1 Å². The van der Waals surface area contributed by atoms with Gasteiger partial charge in [-0.25, -0.2) is 0 Å². The van der Waals surface area contributed by atoms with Gasteiger partial charge in [0.15, 0.2) is 0 Å². The van der Waals surface area contributed by atoms with Crippen molar-refractivity contribution < 1.29 is 9.72 Å². The highest BCUT2D eigenvalue weighted by atomic mass is 79.9. The van der Waals surface area contributed by atoms with E-state index in [0.717, 1.165) is 12.8 Å². The Bertz CT molecular complexity index is 523. The Hall–Kier alpha value is -1.18. The Kier molecular flexibility index (Phi) is 5.91. The number of halogens is 2. The maximum absolute atomic E-state index is 11.9. The van der Waals surface area contributed by atoms with Crippen molar-refractivity contribution in [2.75, 3.05) is 6.54 Å². The first-order valence-electron chi connectivity index (χ1n) is 5.96. The summed E-state index contributed by atoms with van der Waals surface area (Å²) in [7, 11) is 0. The van der Waals surface area contributed by atoms with Gasteiger partial charge in [-0.2, -0.15) is 0 Å². The Morgan fingerprint density at radius 1 is 1.50 bits per heavy atom. The van der Waals surface area contributed by atoms with E-state index < -0.39 is 4.92 Å². The van der Waals surface area contributed by atoms with E-state index in [-0.39, 0.29) is 35.6 Å². The first-order chi connectivity index (χ1) is 8.97. The second-order valence-corrected chi connectivity index (χ2v) is 5.58. The fraction of sp³-hybridized carbons (Fsp3) is 0.417. The topological polar surface area (TPSA) is 98.3 Å². The van der Waals surface area contributed by atoms with Crippen LogP contribution >= 0.6 is 28.3 Å². The summed E-state index contributed by atoms with van der Waals surface area (Å²) >= 11 is 3.15. The molecule has 3 N–H and O–H groups in total. The highest BCUT2D eigenvalue weighted by Crippen LogP contribution is 2.31. The number of carbonyl (C=O) groups is 1. The van der Waals surface area contributed by atoms with Crippen LogP contribution in [0.2, 0.25) is 0 Å². The van der Waals surface area contributed by atoms with Crippen LogP contribution in [0.1, 0.15) is 23.2 Å². The lowest BCUT2D eigenvalue weighted by atomic mass is 10.1. The molecule has 1 fully saturated rings. The zero-order valence-electron chi connectivity index (χ0n) is 10.5. The van der Waals surface area contributed by atoms with Crippen molar-refractivity contribution >= 4 is 39.9 Å². The van der Waals surface area contributed by atoms with Crippen LogP contribution in [0.3, 0.4) is 0 Å². The number of nitrogens with two attached hydrogens (primary N) is 1. The Balaban J connectivity index is 0.00000200. The van der Waals surface area contributed by atoms with Gasteiger partial charge in [-0.1, -0.05) is 15.9 Å². The van der Waals surface area contributed by atoms with Gasteiger partial charge in [0.2, 0.25) is 0 Å². The van der Waals surface area contributed by atoms with Crippen LogP contribution in [-0.4, -0.2) is 23.4 Å². The molecule has 1 atom stereocenters. The highest BCUT2D eigenvalue weighted by Gasteiger charge is 2.28. The fourth-order valence-electron chi connectivity index (χ4n) is 1.81. The van der Waals surface area contributed by atoms with E-state index in [4.69, 9.17) is 5.73 Å². The summed E-state index contributed by atoms with van der Waals surface area (Å²) in [5, 5.41) is 13.4. The number of nitro benzene ring substituents is 1. The third-order valence-electron chi connectivity index (χ3n) is 3.08. The van der Waals surface area contributed by atoms with Crippen molar-refractivity contribution in [1.29, 1.82) is 0 Å². The molecule has 1 saturated carbocycles.